The first-order chi connectivity index (χ1) is 11.2. The molecular weight excluding hydrogens is 286 g/mol. The summed E-state index contributed by atoms with van der Waals surface area (Å²) in [4.78, 5) is 16.7. The standard InChI is InChI=1S/C19H29N3O/c1-15(23)22(14-16-7-10-21(11-8-16)12-9-20)19-13-18(19)17-5-3-2-4-6-17/h2-6,16,18-19H,7-14,20H2,1H3. The van der Waals surface area contributed by atoms with Crippen LogP contribution in [0.15, 0.2) is 30.3 Å². The minimum Gasteiger partial charge on any atom is -0.339 e. The summed E-state index contributed by atoms with van der Waals surface area (Å²) in [5, 5.41) is 0. The quantitative estimate of drug-likeness (QED) is 0.874. The fourth-order valence-electron chi connectivity index (χ4n) is 3.94. The number of carbonyl (C=O) groups excluding carboxylic acids is 1. The number of piperidine rings is 1. The Morgan fingerprint density at radius 2 is 1.96 bits per heavy atom. The molecular formula is C19H29N3O. The lowest BCUT2D eigenvalue weighted by molar-refractivity contribution is -0.130. The summed E-state index contributed by atoms with van der Waals surface area (Å²) in [5.41, 5.74) is 7.01. The summed E-state index contributed by atoms with van der Waals surface area (Å²) >= 11 is 0. The van der Waals surface area contributed by atoms with Gasteiger partial charge in [-0.1, -0.05) is 30.3 Å². The van der Waals surface area contributed by atoms with Gasteiger partial charge in [0.05, 0.1) is 0 Å². The predicted molar refractivity (Wildman–Crippen MR) is 93.2 cm³/mol. The van der Waals surface area contributed by atoms with Crippen LogP contribution in [0.4, 0.5) is 0 Å². The highest BCUT2D eigenvalue weighted by atomic mass is 16.2. The van der Waals surface area contributed by atoms with Crippen molar-refractivity contribution in [2.24, 2.45) is 11.7 Å². The molecule has 4 heteroatoms. The van der Waals surface area contributed by atoms with Crippen LogP contribution in [0.3, 0.4) is 0 Å². The van der Waals surface area contributed by atoms with Gasteiger partial charge in [-0.05, 0) is 43.8 Å². The van der Waals surface area contributed by atoms with E-state index in [0.29, 0.717) is 17.9 Å². The van der Waals surface area contributed by atoms with E-state index in [0.717, 1.165) is 39.1 Å². The zero-order valence-corrected chi connectivity index (χ0v) is 14.2. The molecule has 1 saturated carbocycles. The van der Waals surface area contributed by atoms with Crippen LogP contribution in [0, 0.1) is 5.92 Å². The van der Waals surface area contributed by atoms with Crippen molar-refractivity contribution in [3.8, 4) is 0 Å². The van der Waals surface area contributed by atoms with Gasteiger partial charge in [0.2, 0.25) is 5.91 Å². The van der Waals surface area contributed by atoms with E-state index in [1.807, 2.05) is 0 Å². The van der Waals surface area contributed by atoms with E-state index < -0.39 is 0 Å². The second kappa shape index (κ2) is 7.45. The van der Waals surface area contributed by atoms with Crippen molar-refractivity contribution in [3.63, 3.8) is 0 Å². The molecule has 0 radical (unpaired) electrons. The Labute approximate surface area is 139 Å². The molecule has 2 aliphatic rings. The number of amides is 1. The lowest BCUT2D eigenvalue weighted by Gasteiger charge is -2.34. The molecule has 126 valence electrons. The minimum atomic E-state index is 0.234. The van der Waals surface area contributed by atoms with Crippen molar-refractivity contribution < 1.29 is 4.79 Å². The number of hydrogen-bond donors (Lipinski definition) is 1. The predicted octanol–water partition coefficient (Wildman–Crippen LogP) is 2.06. The summed E-state index contributed by atoms with van der Waals surface area (Å²) in [6, 6.07) is 11.0. The fraction of sp³-hybridized carbons (Fsp3) is 0.632. The molecule has 2 atom stereocenters. The molecule has 1 aromatic rings. The Bertz CT molecular complexity index is 511. The van der Waals surface area contributed by atoms with E-state index >= 15 is 0 Å². The van der Waals surface area contributed by atoms with Crippen LogP contribution in [0.25, 0.3) is 0 Å². The molecule has 23 heavy (non-hydrogen) atoms. The minimum absolute atomic E-state index is 0.234. The molecule has 1 aliphatic carbocycles. The van der Waals surface area contributed by atoms with E-state index in [1.54, 1.807) is 6.92 Å². The van der Waals surface area contributed by atoms with Crippen molar-refractivity contribution in [2.75, 3.05) is 32.7 Å². The Balaban J connectivity index is 1.54. The molecule has 0 aromatic heterocycles. The number of nitrogens with two attached hydrogens (primary N) is 1. The maximum Gasteiger partial charge on any atom is 0.219 e. The monoisotopic (exact) mass is 315 g/mol. The third kappa shape index (κ3) is 4.12. The summed E-state index contributed by atoms with van der Waals surface area (Å²) in [7, 11) is 0. The topological polar surface area (TPSA) is 49.6 Å². The van der Waals surface area contributed by atoms with E-state index in [1.165, 1.54) is 18.4 Å². The molecule has 0 bridgehead atoms. The van der Waals surface area contributed by atoms with Gasteiger partial charge in [0.15, 0.2) is 0 Å². The van der Waals surface area contributed by atoms with Crippen molar-refractivity contribution in [1.82, 2.24) is 9.80 Å². The first kappa shape index (κ1) is 16.5. The molecule has 1 heterocycles. The summed E-state index contributed by atoms with van der Waals surface area (Å²) in [5.74, 6) is 1.42. The van der Waals surface area contributed by atoms with Crippen molar-refractivity contribution in [2.45, 2.75) is 38.1 Å². The first-order valence-corrected chi connectivity index (χ1v) is 8.93. The largest absolute Gasteiger partial charge is 0.339 e. The number of hydrogen-bond acceptors (Lipinski definition) is 3. The maximum atomic E-state index is 12.1. The SMILES string of the molecule is CC(=O)N(CC1CCN(CCN)CC1)C1CC1c1ccccc1. The van der Waals surface area contributed by atoms with Crippen molar-refractivity contribution in [1.29, 1.82) is 0 Å². The van der Waals surface area contributed by atoms with Crippen LogP contribution in [-0.2, 0) is 4.79 Å². The van der Waals surface area contributed by atoms with Gasteiger partial charge in [0.25, 0.3) is 0 Å². The Morgan fingerprint density at radius 1 is 1.26 bits per heavy atom. The van der Waals surface area contributed by atoms with Gasteiger partial charge in [-0.2, -0.15) is 0 Å². The Hall–Kier alpha value is -1.39. The van der Waals surface area contributed by atoms with Gasteiger partial charge < -0.3 is 15.5 Å². The summed E-state index contributed by atoms with van der Waals surface area (Å²) < 4.78 is 0. The van der Waals surface area contributed by atoms with Crippen molar-refractivity contribution >= 4 is 5.91 Å². The molecule has 2 unspecified atom stereocenters. The van der Waals surface area contributed by atoms with Crippen LogP contribution in [0.5, 0.6) is 0 Å². The normalized spacial score (nSPS) is 25.3. The zero-order valence-electron chi connectivity index (χ0n) is 14.2. The van der Waals surface area contributed by atoms with Crippen LogP contribution in [0.1, 0.15) is 37.7 Å². The highest BCUT2D eigenvalue weighted by Crippen LogP contribution is 2.45. The second-order valence-corrected chi connectivity index (χ2v) is 7.07. The molecule has 1 amide bonds. The Morgan fingerprint density at radius 3 is 2.57 bits per heavy atom. The molecule has 1 saturated heterocycles. The van der Waals surface area contributed by atoms with Crippen molar-refractivity contribution in [3.05, 3.63) is 35.9 Å². The van der Waals surface area contributed by atoms with Crippen LogP contribution >= 0.6 is 0 Å². The molecule has 2 N–H and O–H groups in total. The molecule has 1 aromatic carbocycles. The van der Waals surface area contributed by atoms with E-state index in [9.17, 15) is 4.79 Å². The second-order valence-electron chi connectivity index (χ2n) is 7.07. The molecule has 4 nitrogen and oxygen atoms in total. The molecule has 0 spiro atoms. The van der Waals surface area contributed by atoms with Crippen LogP contribution < -0.4 is 5.73 Å². The third-order valence-corrected chi connectivity index (χ3v) is 5.40. The number of carbonyl (C=O) groups is 1. The number of nitrogens with zero attached hydrogens (tertiary/aromatic N) is 2. The highest BCUT2D eigenvalue weighted by molar-refractivity contribution is 5.74. The Kier molecular flexibility index (Phi) is 5.34. The summed E-state index contributed by atoms with van der Waals surface area (Å²) in [6.07, 6.45) is 3.49. The lowest BCUT2D eigenvalue weighted by Crippen LogP contribution is -2.42. The van der Waals surface area contributed by atoms with Gasteiger partial charge in [-0.3, -0.25) is 4.79 Å². The zero-order chi connectivity index (χ0) is 16.2. The van der Waals surface area contributed by atoms with E-state index in [4.69, 9.17) is 5.73 Å². The van der Waals surface area contributed by atoms with Gasteiger partial charge >= 0.3 is 0 Å². The van der Waals surface area contributed by atoms with Crippen LogP contribution in [0.2, 0.25) is 0 Å². The van der Waals surface area contributed by atoms with Crippen LogP contribution in [-0.4, -0.2) is 54.5 Å². The highest BCUT2D eigenvalue weighted by Gasteiger charge is 2.44. The third-order valence-electron chi connectivity index (χ3n) is 5.40. The van der Waals surface area contributed by atoms with Gasteiger partial charge in [0.1, 0.15) is 0 Å². The van der Waals surface area contributed by atoms with Gasteiger partial charge in [-0.15, -0.1) is 0 Å². The fourth-order valence-corrected chi connectivity index (χ4v) is 3.94. The smallest absolute Gasteiger partial charge is 0.219 e. The first-order valence-electron chi connectivity index (χ1n) is 8.93. The lowest BCUT2D eigenvalue weighted by atomic mass is 9.96. The van der Waals surface area contributed by atoms with Gasteiger partial charge in [-0.25, -0.2) is 0 Å². The maximum absolute atomic E-state index is 12.1. The average Bonchev–Trinajstić information content (AvgIpc) is 3.35. The van der Waals surface area contributed by atoms with Gasteiger partial charge in [0, 0.05) is 38.5 Å². The van der Waals surface area contributed by atoms with E-state index in [2.05, 4.69) is 40.1 Å². The number of benzene rings is 1. The number of likely N-dealkylation sites (tertiary alicyclic amines) is 1. The van der Waals surface area contributed by atoms with E-state index in [-0.39, 0.29) is 5.91 Å². The molecule has 2 fully saturated rings. The molecule has 1 aliphatic heterocycles. The molecule has 3 rings (SSSR count). The average molecular weight is 315 g/mol. The summed E-state index contributed by atoms with van der Waals surface area (Å²) in [6.45, 7) is 6.65. The number of rotatable bonds is 6.